The third-order valence-electron chi connectivity index (χ3n) is 4.12. The monoisotopic (exact) mass is 290 g/mol. The first kappa shape index (κ1) is 13.9. The van der Waals surface area contributed by atoms with Crippen LogP contribution in [-0.4, -0.2) is 33.3 Å². The summed E-state index contributed by atoms with van der Waals surface area (Å²) in [5.41, 5.74) is 0.821. The van der Waals surface area contributed by atoms with Crippen LogP contribution in [-0.2, 0) is 0 Å². The van der Waals surface area contributed by atoms with Gasteiger partial charge in [-0.25, -0.2) is 4.79 Å². The number of carboxylic acid groups (broad SMARTS) is 1. The number of carboxylic acids is 1. The van der Waals surface area contributed by atoms with Crippen LogP contribution in [0.1, 0.15) is 42.5 Å². The standard InChI is InChI=1S/C15H18N2O4/c18-9-15(6-2-1-3-7-15)17-14-16-11-5-4-10(13(19)20)8-12(11)21-14/h4-5,8,18H,1-3,6-7,9H2,(H,16,17)(H,19,20). The van der Waals surface area contributed by atoms with Crippen molar-refractivity contribution in [3.8, 4) is 0 Å². The second-order valence-electron chi connectivity index (χ2n) is 5.63. The summed E-state index contributed by atoms with van der Waals surface area (Å²) in [5.74, 6) is -0.998. The molecule has 1 aliphatic carbocycles. The lowest BCUT2D eigenvalue weighted by Crippen LogP contribution is -2.43. The molecule has 1 aromatic heterocycles. The molecule has 0 bridgehead atoms. The van der Waals surface area contributed by atoms with Gasteiger partial charge in [-0.2, -0.15) is 4.98 Å². The van der Waals surface area contributed by atoms with Gasteiger partial charge in [-0.15, -0.1) is 0 Å². The van der Waals surface area contributed by atoms with Crippen molar-refractivity contribution in [1.29, 1.82) is 0 Å². The number of aromatic carboxylic acids is 1. The highest BCUT2D eigenvalue weighted by Crippen LogP contribution is 2.32. The molecular weight excluding hydrogens is 272 g/mol. The normalized spacial score (nSPS) is 17.8. The number of aromatic nitrogens is 1. The van der Waals surface area contributed by atoms with E-state index in [9.17, 15) is 9.90 Å². The Labute approximate surface area is 121 Å². The molecule has 3 rings (SSSR count). The average Bonchev–Trinajstić information content (AvgIpc) is 2.89. The molecule has 0 saturated heterocycles. The highest BCUT2D eigenvalue weighted by atomic mass is 16.4. The number of oxazole rings is 1. The number of anilines is 1. The molecule has 2 aromatic rings. The van der Waals surface area contributed by atoms with Gasteiger partial charge in [0.25, 0.3) is 6.01 Å². The smallest absolute Gasteiger partial charge is 0.335 e. The number of hydrogen-bond acceptors (Lipinski definition) is 5. The predicted molar refractivity (Wildman–Crippen MR) is 77.5 cm³/mol. The molecule has 6 heteroatoms. The van der Waals surface area contributed by atoms with Crippen LogP contribution < -0.4 is 5.32 Å². The molecule has 6 nitrogen and oxygen atoms in total. The van der Waals surface area contributed by atoms with Crippen LogP contribution in [0, 0.1) is 0 Å². The van der Waals surface area contributed by atoms with Gasteiger partial charge in [0.2, 0.25) is 0 Å². The minimum absolute atomic E-state index is 0.0338. The number of fused-ring (bicyclic) bond motifs is 1. The maximum atomic E-state index is 11.0. The molecular formula is C15H18N2O4. The van der Waals surface area contributed by atoms with E-state index in [1.807, 2.05) is 0 Å². The van der Waals surface area contributed by atoms with Crippen LogP contribution in [0.4, 0.5) is 6.01 Å². The highest BCUT2D eigenvalue weighted by Gasteiger charge is 2.32. The average molecular weight is 290 g/mol. The SMILES string of the molecule is O=C(O)c1ccc2nc(NC3(CO)CCCCC3)oc2c1. The Kier molecular flexibility index (Phi) is 3.55. The Morgan fingerprint density at radius 3 is 2.76 bits per heavy atom. The quantitative estimate of drug-likeness (QED) is 0.801. The van der Waals surface area contributed by atoms with Gasteiger partial charge < -0.3 is 19.9 Å². The maximum absolute atomic E-state index is 11.0. The molecule has 3 N–H and O–H groups in total. The zero-order chi connectivity index (χ0) is 14.9. The highest BCUT2D eigenvalue weighted by molar-refractivity contribution is 5.92. The van der Waals surface area contributed by atoms with Crippen molar-refractivity contribution < 1.29 is 19.4 Å². The number of carbonyl (C=O) groups is 1. The van der Waals surface area contributed by atoms with E-state index < -0.39 is 5.97 Å². The van der Waals surface area contributed by atoms with E-state index in [1.54, 1.807) is 6.07 Å². The molecule has 112 valence electrons. The van der Waals surface area contributed by atoms with Crippen LogP contribution in [0.2, 0.25) is 0 Å². The maximum Gasteiger partial charge on any atom is 0.335 e. The van der Waals surface area contributed by atoms with E-state index in [1.165, 1.54) is 18.6 Å². The van der Waals surface area contributed by atoms with Gasteiger partial charge >= 0.3 is 5.97 Å². The zero-order valence-corrected chi connectivity index (χ0v) is 11.6. The van der Waals surface area contributed by atoms with Gasteiger partial charge in [0.05, 0.1) is 17.7 Å². The fourth-order valence-electron chi connectivity index (χ4n) is 2.89. The number of hydrogen-bond donors (Lipinski definition) is 3. The van der Waals surface area contributed by atoms with Crippen molar-refractivity contribution in [2.24, 2.45) is 0 Å². The summed E-state index contributed by atoms with van der Waals surface area (Å²) >= 11 is 0. The van der Waals surface area contributed by atoms with E-state index in [-0.39, 0.29) is 17.7 Å². The van der Waals surface area contributed by atoms with Crippen LogP contribution in [0.25, 0.3) is 11.1 Å². The predicted octanol–water partition coefficient (Wildman–Crippen LogP) is 2.63. The van der Waals surface area contributed by atoms with E-state index in [0.717, 1.165) is 25.7 Å². The van der Waals surface area contributed by atoms with Crippen molar-refractivity contribution in [3.63, 3.8) is 0 Å². The van der Waals surface area contributed by atoms with Crippen molar-refractivity contribution in [2.75, 3.05) is 11.9 Å². The summed E-state index contributed by atoms with van der Waals surface area (Å²) in [5, 5.41) is 21.9. The van der Waals surface area contributed by atoms with E-state index in [0.29, 0.717) is 17.1 Å². The van der Waals surface area contributed by atoms with Crippen molar-refractivity contribution in [2.45, 2.75) is 37.6 Å². The van der Waals surface area contributed by atoms with Gasteiger partial charge in [0.1, 0.15) is 5.52 Å². The fraction of sp³-hybridized carbons (Fsp3) is 0.467. The Balaban J connectivity index is 1.88. The summed E-state index contributed by atoms with van der Waals surface area (Å²) in [6.07, 6.45) is 5.07. The second kappa shape index (κ2) is 5.37. The van der Waals surface area contributed by atoms with Gasteiger partial charge in [0.15, 0.2) is 5.58 Å². The Morgan fingerprint density at radius 1 is 1.33 bits per heavy atom. The number of benzene rings is 1. The number of aliphatic hydroxyl groups is 1. The zero-order valence-electron chi connectivity index (χ0n) is 11.6. The lowest BCUT2D eigenvalue weighted by Gasteiger charge is -2.35. The van der Waals surface area contributed by atoms with Crippen molar-refractivity contribution in [3.05, 3.63) is 23.8 Å². The molecule has 1 aromatic carbocycles. The Morgan fingerprint density at radius 2 is 2.10 bits per heavy atom. The molecule has 1 heterocycles. The van der Waals surface area contributed by atoms with Gasteiger partial charge in [-0.05, 0) is 31.0 Å². The molecule has 0 radical (unpaired) electrons. The van der Waals surface area contributed by atoms with Crippen LogP contribution in [0.5, 0.6) is 0 Å². The molecule has 0 atom stereocenters. The van der Waals surface area contributed by atoms with Gasteiger partial charge in [-0.3, -0.25) is 0 Å². The largest absolute Gasteiger partial charge is 0.478 e. The molecule has 1 fully saturated rings. The van der Waals surface area contributed by atoms with Crippen LogP contribution in [0.3, 0.4) is 0 Å². The molecule has 0 spiro atoms. The first-order valence-electron chi connectivity index (χ1n) is 7.15. The second-order valence-corrected chi connectivity index (χ2v) is 5.63. The third-order valence-corrected chi connectivity index (χ3v) is 4.12. The topological polar surface area (TPSA) is 95.6 Å². The molecule has 1 aliphatic rings. The summed E-state index contributed by atoms with van der Waals surface area (Å²) in [6, 6.07) is 4.92. The van der Waals surface area contributed by atoms with E-state index >= 15 is 0 Å². The van der Waals surface area contributed by atoms with Gasteiger partial charge in [-0.1, -0.05) is 19.3 Å². The van der Waals surface area contributed by atoms with E-state index in [2.05, 4.69) is 10.3 Å². The van der Waals surface area contributed by atoms with Gasteiger partial charge in [0, 0.05) is 0 Å². The Hall–Kier alpha value is -2.08. The first-order chi connectivity index (χ1) is 10.1. The Bertz CT molecular complexity index is 659. The summed E-state index contributed by atoms with van der Waals surface area (Å²) in [4.78, 5) is 15.3. The lowest BCUT2D eigenvalue weighted by molar-refractivity contribution is 0.0697. The number of aliphatic hydroxyl groups excluding tert-OH is 1. The minimum Gasteiger partial charge on any atom is -0.478 e. The molecule has 1 saturated carbocycles. The third kappa shape index (κ3) is 2.71. The number of nitrogens with one attached hydrogen (secondary N) is 1. The summed E-state index contributed by atoms with van der Waals surface area (Å²) in [6.45, 7) is 0.0338. The number of rotatable bonds is 4. The molecule has 0 aliphatic heterocycles. The minimum atomic E-state index is -0.998. The molecule has 0 amide bonds. The van der Waals surface area contributed by atoms with E-state index in [4.69, 9.17) is 9.52 Å². The van der Waals surface area contributed by atoms with Crippen molar-refractivity contribution in [1.82, 2.24) is 4.98 Å². The number of nitrogens with zero attached hydrogens (tertiary/aromatic N) is 1. The van der Waals surface area contributed by atoms with Crippen molar-refractivity contribution >= 4 is 23.1 Å². The molecule has 21 heavy (non-hydrogen) atoms. The fourth-order valence-corrected chi connectivity index (χ4v) is 2.89. The summed E-state index contributed by atoms with van der Waals surface area (Å²) in [7, 11) is 0. The lowest BCUT2D eigenvalue weighted by atomic mass is 9.82. The molecule has 0 unspecified atom stereocenters. The van der Waals surface area contributed by atoms with Crippen LogP contribution >= 0.6 is 0 Å². The summed E-state index contributed by atoms with van der Waals surface area (Å²) < 4.78 is 5.59. The van der Waals surface area contributed by atoms with Crippen LogP contribution in [0.15, 0.2) is 22.6 Å². The first-order valence-corrected chi connectivity index (χ1v) is 7.15.